The van der Waals surface area contributed by atoms with Crippen molar-refractivity contribution in [3.8, 4) is 0 Å². The Bertz CT molecular complexity index is 512. The average molecular weight is 290 g/mol. The van der Waals surface area contributed by atoms with Crippen LogP contribution in [0, 0.1) is 5.82 Å². The van der Waals surface area contributed by atoms with E-state index in [1.54, 1.807) is 13.8 Å². The van der Waals surface area contributed by atoms with Gasteiger partial charge in [0.2, 0.25) is 10.0 Å². The molecule has 0 amide bonds. The molecule has 0 fully saturated rings. The number of nitrogen functional groups attached to an aromatic ring is 1. The van der Waals surface area contributed by atoms with Gasteiger partial charge >= 0.3 is 0 Å². The fourth-order valence-electron chi connectivity index (χ4n) is 1.75. The third-order valence-corrected chi connectivity index (χ3v) is 4.82. The first-order valence-electron chi connectivity index (χ1n) is 5.87. The number of nitrogens with two attached hydrogens (primary N) is 1. The van der Waals surface area contributed by atoms with Crippen LogP contribution < -0.4 is 5.73 Å². The molecule has 5 nitrogen and oxygen atoms in total. The quantitative estimate of drug-likeness (QED) is 0.805. The van der Waals surface area contributed by atoms with Crippen molar-refractivity contribution in [3.05, 3.63) is 24.0 Å². The Balaban J connectivity index is 3.27. The molecular weight excluding hydrogens is 271 g/mol. The number of sulfonamides is 1. The lowest BCUT2D eigenvalue weighted by molar-refractivity contribution is 0.170. The Morgan fingerprint density at radius 1 is 1.42 bits per heavy atom. The number of rotatable bonds is 6. The summed E-state index contributed by atoms with van der Waals surface area (Å²) in [4.78, 5) is -0.472. The Labute approximate surface area is 113 Å². The summed E-state index contributed by atoms with van der Waals surface area (Å²) >= 11 is 0. The summed E-state index contributed by atoms with van der Waals surface area (Å²) in [5, 5.41) is 0. The smallest absolute Gasteiger partial charge is 0.248 e. The van der Waals surface area contributed by atoms with E-state index in [1.165, 1.54) is 23.5 Å². The van der Waals surface area contributed by atoms with Crippen molar-refractivity contribution < 1.29 is 17.5 Å². The van der Waals surface area contributed by atoms with E-state index in [0.717, 1.165) is 6.07 Å². The van der Waals surface area contributed by atoms with E-state index in [2.05, 4.69) is 0 Å². The second kappa shape index (κ2) is 6.31. The molecule has 0 aromatic heterocycles. The molecule has 0 aliphatic carbocycles. The van der Waals surface area contributed by atoms with Crippen LogP contribution in [-0.4, -0.2) is 39.0 Å². The number of ether oxygens (including phenoxy) is 1. The summed E-state index contributed by atoms with van der Waals surface area (Å²) in [6, 6.07) is 3.50. The molecule has 0 spiro atoms. The zero-order valence-electron chi connectivity index (χ0n) is 11.3. The maximum atomic E-state index is 13.8. The molecule has 0 bridgehead atoms. The maximum absolute atomic E-state index is 13.8. The monoisotopic (exact) mass is 290 g/mol. The lowest BCUT2D eigenvalue weighted by Gasteiger charge is -2.26. The van der Waals surface area contributed by atoms with E-state index in [4.69, 9.17) is 10.5 Å². The van der Waals surface area contributed by atoms with Gasteiger partial charge in [0.15, 0.2) is 0 Å². The average Bonchev–Trinajstić information content (AvgIpc) is 2.27. The highest BCUT2D eigenvalue weighted by Gasteiger charge is 2.31. The number of hydrogen-bond donors (Lipinski definition) is 1. The second-order valence-electron chi connectivity index (χ2n) is 4.36. The largest absolute Gasteiger partial charge is 0.398 e. The molecule has 0 saturated heterocycles. The molecule has 0 unspecified atom stereocenters. The Morgan fingerprint density at radius 3 is 2.53 bits per heavy atom. The highest BCUT2D eigenvalue weighted by atomic mass is 32.2. The first kappa shape index (κ1) is 15.9. The van der Waals surface area contributed by atoms with Crippen molar-refractivity contribution in [2.24, 2.45) is 0 Å². The molecule has 19 heavy (non-hydrogen) atoms. The first-order chi connectivity index (χ1) is 8.82. The molecule has 1 aromatic carbocycles. The number of nitrogens with zero attached hydrogens (tertiary/aromatic N) is 1. The molecule has 0 aliphatic rings. The van der Waals surface area contributed by atoms with Gasteiger partial charge < -0.3 is 10.5 Å². The van der Waals surface area contributed by atoms with Gasteiger partial charge in [0.25, 0.3) is 0 Å². The van der Waals surface area contributed by atoms with Crippen LogP contribution in [0.25, 0.3) is 0 Å². The molecule has 7 heteroatoms. The summed E-state index contributed by atoms with van der Waals surface area (Å²) in [5.74, 6) is -0.844. The van der Waals surface area contributed by atoms with Crippen LogP contribution in [0.2, 0.25) is 0 Å². The molecule has 0 atom stereocenters. The highest BCUT2D eigenvalue weighted by Crippen LogP contribution is 2.26. The minimum atomic E-state index is -3.98. The molecule has 2 N–H and O–H groups in total. The molecular formula is C12H19FN2O3S. The first-order valence-corrected chi connectivity index (χ1v) is 7.31. The number of methoxy groups -OCH3 is 1. The summed E-state index contributed by atoms with van der Waals surface area (Å²) in [5.41, 5.74) is 5.50. The SMILES string of the molecule is COCCN(C(C)C)S(=O)(=O)c1c(N)cccc1F. The van der Waals surface area contributed by atoms with Gasteiger partial charge in [0, 0.05) is 19.7 Å². The van der Waals surface area contributed by atoms with E-state index in [0.29, 0.717) is 0 Å². The van der Waals surface area contributed by atoms with Gasteiger partial charge in [-0.15, -0.1) is 0 Å². The fraction of sp³-hybridized carbons (Fsp3) is 0.500. The van der Waals surface area contributed by atoms with Gasteiger partial charge in [-0.1, -0.05) is 6.07 Å². The molecule has 0 saturated carbocycles. The molecule has 1 aromatic rings. The van der Waals surface area contributed by atoms with Crippen molar-refractivity contribution in [1.82, 2.24) is 4.31 Å². The molecule has 0 aliphatic heterocycles. The standard InChI is InChI=1S/C12H19FN2O3S/c1-9(2)15(7-8-18-3)19(16,17)12-10(13)5-4-6-11(12)14/h4-6,9H,7-8,14H2,1-3H3. The third kappa shape index (κ3) is 3.43. The summed E-state index contributed by atoms with van der Waals surface area (Å²) in [6.45, 7) is 3.80. The van der Waals surface area contributed by atoms with Crippen LogP contribution >= 0.6 is 0 Å². The van der Waals surface area contributed by atoms with E-state index in [-0.39, 0.29) is 24.9 Å². The van der Waals surface area contributed by atoms with E-state index >= 15 is 0 Å². The Morgan fingerprint density at radius 2 is 2.05 bits per heavy atom. The summed E-state index contributed by atoms with van der Waals surface area (Å²) in [7, 11) is -2.51. The van der Waals surface area contributed by atoms with Crippen molar-refractivity contribution in [1.29, 1.82) is 0 Å². The van der Waals surface area contributed by atoms with Crippen molar-refractivity contribution in [2.45, 2.75) is 24.8 Å². The molecule has 1 rings (SSSR count). The minimum absolute atomic E-state index is 0.0944. The number of anilines is 1. The third-order valence-electron chi connectivity index (χ3n) is 2.66. The van der Waals surface area contributed by atoms with Gasteiger partial charge in [-0.3, -0.25) is 0 Å². The topological polar surface area (TPSA) is 72.6 Å². The predicted molar refractivity (Wildman–Crippen MR) is 71.7 cm³/mol. The van der Waals surface area contributed by atoms with E-state index < -0.39 is 20.7 Å². The van der Waals surface area contributed by atoms with Crippen LogP contribution in [0.4, 0.5) is 10.1 Å². The van der Waals surface area contributed by atoms with Crippen molar-refractivity contribution in [3.63, 3.8) is 0 Å². The van der Waals surface area contributed by atoms with Crippen LogP contribution in [0.15, 0.2) is 23.1 Å². The van der Waals surface area contributed by atoms with Crippen LogP contribution in [0.1, 0.15) is 13.8 Å². The Hall–Kier alpha value is -1.18. The number of benzene rings is 1. The lowest BCUT2D eigenvalue weighted by Crippen LogP contribution is -2.39. The van der Waals surface area contributed by atoms with Crippen LogP contribution in [0.5, 0.6) is 0 Å². The zero-order valence-corrected chi connectivity index (χ0v) is 12.1. The fourth-order valence-corrected chi connectivity index (χ4v) is 3.54. The lowest BCUT2D eigenvalue weighted by atomic mass is 10.3. The molecule has 108 valence electrons. The maximum Gasteiger partial charge on any atom is 0.248 e. The van der Waals surface area contributed by atoms with Gasteiger partial charge in [0.1, 0.15) is 10.7 Å². The van der Waals surface area contributed by atoms with Crippen molar-refractivity contribution >= 4 is 15.7 Å². The van der Waals surface area contributed by atoms with Crippen LogP contribution in [0.3, 0.4) is 0 Å². The van der Waals surface area contributed by atoms with E-state index in [9.17, 15) is 12.8 Å². The number of hydrogen-bond acceptors (Lipinski definition) is 4. The summed E-state index contributed by atoms with van der Waals surface area (Å²) < 4.78 is 44.8. The molecule has 0 radical (unpaired) electrons. The molecule has 0 heterocycles. The van der Waals surface area contributed by atoms with Crippen LogP contribution in [-0.2, 0) is 14.8 Å². The second-order valence-corrected chi connectivity index (χ2v) is 6.19. The van der Waals surface area contributed by atoms with Gasteiger partial charge in [-0.25, -0.2) is 12.8 Å². The Kier molecular flexibility index (Phi) is 5.28. The zero-order chi connectivity index (χ0) is 14.6. The normalized spacial score (nSPS) is 12.3. The number of halogens is 1. The van der Waals surface area contributed by atoms with E-state index in [1.807, 2.05) is 0 Å². The van der Waals surface area contributed by atoms with Gasteiger partial charge in [-0.05, 0) is 26.0 Å². The van der Waals surface area contributed by atoms with Crippen molar-refractivity contribution in [2.75, 3.05) is 26.0 Å². The predicted octanol–water partition coefficient (Wildman–Crippen LogP) is 1.45. The highest BCUT2D eigenvalue weighted by molar-refractivity contribution is 7.89. The van der Waals surface area contributed by atoms with Gasteiger partial charge in [0.05, 0.1) is 12.3 Å². The summed E-state index contributed by atoms with van der Waals surface area (Å²) in [6.07, 6.45) is 0. The minimum Gasteiger partial charge on any atom is -0.398 e. The van der Waals surface area contributed by atoms with Gasteiger partial charge in [-0.2, -0.15) is 4.31 Å².